The molecule has 0 radical (unpaired) electrons. The lowest BCUT2D eigenvalue weighted by Gasteiger charge is -2.42. The molecule has 1 fully saturated rings. The number of furan rings is 1. The Kier molecular flexibility index (Phi) is 4.85. The monoisotopic (exact) mass is 440 g/mol. The van der Waals surface area contributed by atoms with Gasteiger partial charge in [-0.05, 0) is 48.7 Å². The molecule has 8 nitrogen and oxygen atoms in total. The van der Waals surface area contributed by atoms with Crippen LogP contribution in [0.25, 0.3) is 11.3 Å². The Bertz CT molecular complexity index is 1220. The fourth-order valence-corrected chi connectivity index (χ4v) is 4.91. The third kappa shape index (κ3) is 3.52. The number of fused-ring (bicyclic) bond motifs is 4. The fourth-order valence-electron chi connectivity index (χ4n) is 4.64. The van der Waals surface area contributed by atoms with Gasteiger partial charge in [0.05, 0.1) is 10.7 Å². The summed E-state index contributed by atoms with van der Waals surface area (Å²) in [4.78, 5) is 27.1. The average molecular weight is 441 g/mol. The highest BCUT2D eigenvalue weighted by molar-refractivity contribution is 6.33. The van der Waals surface area contributed by atoms with E-state index in [2.05, 4.69) is 0 Å². The molecule has 0 unspecified atom stereocenters. The Morgan fingerprint density at radius 2 is 2.00 bits per heavy atom. The number of amides is 1. The van der Waals surface area contributed by atoms with E-state index in [0.717, 1.165) is 12.1 Å². The molecule has 1 N–H and O–H groups in total. The number of carbonyl (C=O) groups is 1. The normalized spacial score (nSPS) is 19.8. The number of halogens is 1. The minimum atomic E-state index is -0.272. The van der Waals surface area contributed by atoms with E-state index in [9.17, 15) is 14.8 Å². The van der Waals surface area contributed by atoms with Gasteiger partial charge in [-0.25, -0.2) is 0 Å². The molecule has 2 aliphatic rings. The topological polar surface area (TPSA) is 102 Å². The number of nitrogens with zero attached hydrogens (tertiary/aromatic N) is 3. The number of rotatable bonds is 3. The minimum Gasteiger partial charge on any atom is -0.733 e. The zero-order valence-corrected chi connectivity index (χ0v) is 17.2. The van der Waals surface area contributed by atoms with Crippen LogP contribution >= 0.6 is 11.6 Å². The molecule has 0 aliphatic carbocycles. The number of hydrogen-bond acceptors (Lipinski definition) is 6. The second-order valence-electron chi connectivity index (χ2n) is 8.01. The molecule has 31 heavy (non-hydrogen) atoms. The average Bonchev–Trinajstić information content (AvgIpc) is 3.23. The Morgan fingerprint density at radius 3 is 2.77 bits per heavy atom. The number of carbonyl (C=O) groups excluding carboxylic acids is 1. The van der Waals surface area contributed by atoms with E-state index in [1.807, 2.05) is 10.6 Å². The Balaban J connectivity index is 1.38. The van der Waals surface area contributed by atoms with Crippen molar-refractivity contribution in [3.8, 4) is 11.3 Å². The van der Waals surface area contributed by atoms with Crippen molar-refractivity contribution in [2.24, 2.45) is 5.92 Å². The molecule has 0 spiro atoms. The minimum absolute atomic E-state index is 0.00384. The lowest BCUT2D eigenvalue weighted by atomic mass is 9.83. The van der Waals surface area contributed by atoms with E-state index < -0.39 is 0 Å². The lowest BCUT2D eigenvalue weighted by Crippen LogP contribution is -2.49. The van der Waals surface area contributed by atoms with Crippen LogP contribution in [0.4, 0.5) is 5.69 Å². The van der Waals surface area contributed by atoms with Gasteiger partial charge in [-0.1, -0.05) is 17.7 Å². The highest BCUT2D eigenvalue weighted by Gasteiger charge is 2.37. The van der Waals surface area contributed by atoms with Gasteiger partial charge in [-0.3, -0.25) is 14.8 Å². The van der Waals surface area contributed by atoms with Crippen molar-refractivity contribution in [1.29, 1.82) is 0 Å². The highest BCUT2D eigenvalue weighted by Crippen LogP contribution is 2.36. The van der Waals surface area contributed by atoms with Gasteiger partial charge in [0.15, 0.2) is 5.76 Å². The summed E-state index contributed by atoms with van der Waals surface area (Å²) in [6.45, 7) is 1.71. The number of hydrogen-bond donors (Lipinski definition) is 1. The molecule has 5 rings (SSSR count). The molecule has 2 aliphatic heterocycles. The van der Waals surface area contributed by atoms with Crippen molar-refractivity contribution in [2.45, 2.75) is 18.9 Å². The van der Waals surface area contributed by atoms with E-state index in [4.69, 9.17) is 21.2 Å². The number of piperidine rings is 1. The standard InChI is InChI=1S/C22H19ClN3O5/c23-17-9-15(26(29)30)4-5-16(17)19-6-7-20(31-19)22(28)24-10-13-8-14(12-24)18-2-1-3-21(27)25(18)11-13/h1-7,9,13-14,29H,8,10-12H2/q-1/t13-,14-/m0/s1. The quantitative estimate of drug-likeness (QED) is 0.623. The second kappa shape index (κ2) is 7.56. The van der Waals surface area contributed by atoms with Crippen molar-refractivity contribution in [3.05, 3.63) is 80.6 Å². The summed E-state index contributed by atoms with van der Waals surface area (Å²) in [6, 6.07) is 12.8. The van der Waals surface area contributed by atoms with E-state index in [1.165, 1.54) is 12.1 Å². The number of likely N-dealkylation sites (tertiary alicyclic amines) is 1. The first-order valence-electron chi connectivity index (χ1n) is 9.95. The third-order valence-corrected chi connectivity index (χ3v) is 6.34. The molecule has 3 aromatic rings. The zero-order chi connectivity index (χ0) is 21.7. The summed E-state index contributed by atoms with van der Waals surface area (Å²) in [7, 11) is 0. The van der Waals surface area contributed by atoms with Crippen LogP contribution in [0.1, 0.15) is 28.6 Å². The second-order valence-corrected chi connectivity index (χ2v) is 8.42. The molecular formula is C22H19ClN3O5-. The van der Waals surface area contributed by atoms with Crippen molar-refractivity contribution in [2.75, 3.05) is 18.3 Å². The zero-order valence-electron chi connectivity index (χ0n) is 16.4. The first kappa shape index (κ1) is 19.9. The smallest absolute Gasteiger partial charge is 0.289 e. The predicted octanol–water partition coefficient (Wildman–Crippen LogP) is 3.71. The summed E-state index contributed by atoms with van der Waals surface area (Å²) >= 11 is 6.21. The van der Waals surface area contributed by atoms with Crippen LogP contribution in [-0.4, -0.2) is 33.7 Å². The van der Waals surface area contributed by atoms with Crippen molar-refractivity contribution < 1.29 is 14.4 Å². The number of aromatic nitrogens is 1. The van der Waals surface area contributed by atoms with E-state index >= 15 is 0 Å². The van der Waals surface area contributed by atoms with Crippen molar-refractivity contribution >= 4 is 23.2 Å². The first-order chi connectivity index (χ1) is 14.9. The van der Waals surface area contributed by atoms with Crippen LogP contribution in [0.3, 0.4) is 0 Å². The largest absolute Gasteiger partial charge is 0.733 e. The fraction of sp³-hybridized carbons (Fsp3) is 0.273. The van der Waals surface area contributed by atoms with E-state index in [1.54, 1.807) is 35.2 Å². The molecule has 2 atom stereocenters. The Hall–Kier alpha value is -3.07. The van der Waals surface area contributed by atoms with Gasteiger partial charge in [0, 0.05) is 42.9 Å². The van der Waals surface area contributed by atoms with Crippen LogP contribution < -0.4 is 10.8 Å². The maximum absolute atomic E-state index is 13.1. The van der Waals surface area contributed by atoms with Crippen molar-refractivity contribution in [3.63, 3.8) is 0 Å². The summed E-state index contributed by atoms with van der Waals surface area (Å²) in [5, 5.41) is 20.0. The van der Waals surface area contributed by atoms with Crippen LogP contribution in [0, 0.1) is 11.1 Å². The molecule has 4 heterocycles. The molecule has 1 saturated heterocycles. The molecule has 160 valence electrons. The SMILES string of the molecule is O=C(c1ccc(-c2ccc(N([O-])O)cc2Cl)o1)N1C[C@@H]2C[C@@H](C1)c1cccc(=O)n1C2. The highest BCUT2D eigenvalue weighted by atomic mass is 35.5. The van der Waals surface area contributed by atoms with E-state index in [-0.39, 0.29) is 45.0 Å². The van der Waals surface area contributed by atoms with Gasteiger partial charge in [0.25, 0.3) is 11.5 Å². The van der Waals surface area contributed by atoms with Crippen LogP contribution in [0.5, 0.6) is 0 Å². The molecule has 9 heteroatoms. The summed E-state index contributed by atoms with van der Waals surface area (Å²) in [6.07, 6.45) is 0.959. The van der Waals surface area contributed by atoms with Crippen LogP contribution in [0.2, 0.25) is 5.02 Å². The number of anilines is 1. The van der Waals surface area contributed by atoms with Crippen molar-refractivity contribution in [1.82, 2.24) is 9.47 Å². The maximum Gasteiger partial charge on any atom is 0.289 e. The predicted molar refractivity (Wildman–Crippen MR) is 114 cm³/mol. The summed E-state index contributed by atoms with van der Waals surface area (Å²) in [5.74, 6) is 0.731. The van der Waals surface area contributed by atoms with Gasteiger partial charge in [0.1, 0.15) is 5.76 Å². The molecule has 2 bridgehead atoms. The Labute approximate surface area is 182 Å². The number of benzene rings is 1. The summed E-state index contributed by atoms with van der Waals surface area (Å²) < 4.78 is 7.62. The molecular weight excluding hydrogens is 422 g/mol. The summed E-state index contributed by atoms with van der Waals surface area (Å²) in [5.41, 5.74) is 1.49. The maximum atomic E-state index is 13.1. The lowest BCUT2D eigenvalue weighted by molar-refractivity contribution is 0.0564. The molecule has 2 aromatic heterocycles. The van der Waals surface area contributed by atoms with Gasteiger partial charge >= 0.3 is 0 Å². The van der Waals surface area contributed by atoms with Crippen LogP contribution in [0.15, 0.2) is 57.7 Å². The van der Waals surface area contributed by atoms with Gasteiger partial charge < -0.3 is 24.3 Å². The third-order valence-electron chi connectivity index (χ3n) is 6.02. The molecule has 1 amide bonds. The van der Waals surface area contributed by atoms with Gasteiger partial charge in [0.2, 0.25) is 0 Å². The molecule has 0 saturated carbocycles. The van der Waals surface area contributed by atoms with E-state index in [0.29, 0.717) is 31.0 Å². The number of pyridine rings is 1. The van der Waals surface area contributed by atoms with Gasteiger partial charge in [-0.2, -0.15) is 0 Å². The Morgan fingerprint density at radius 1 is 1.16 bits per heavy atom. The molecule has 1 aromatic carbocycles. The first-order valence-corrected chi connectivity index (χ1v) is 10.3. The van der Waals surface area contributed by atoms with Gasteiger partial charge in [-0.15, -0.1) is 0 Å². The van der Waals surface area contributed by atoms with Crippen LogP contribution in [-0.2, 0) is 6.54 Å².